The van der Waals surface area contributed by atoms with E-state index in [1.807, 2.05) is 36.4 Å². The molecule has 0 spiro atoms. The van der Waals surface area contributed by atoms with Crippen molar-refractivity contribution in [3.05, 3.63) is 57.9 Å². The second-order valence-corrected chi connectivity index (χ2v) is 6.77. The van der Waals surface area contributed by atoms with E-state index in [9.17, 15) is 0 Å². The van der Waals surface area contributed by atoms with E-state index in [0.29, 0.717) is 11.6 Å². The third kappa shape index (κ3) is 3.11. The van der Waals surface area contributed by atoms with Gasteiger partial charge in [0.25, 0.3) is 0 Å². The first-order valence-corrected chi connectivity index (χ1v) is 8.43. The molecule has 118 valence electrons. The molecular formula is C18H17ClN2OS. The maximum atomic E-state index is 6.15. The predicted molar refractivity (Wildman–Crippen MR) is 97.2 cm³/mol. The van der Waals surface area contributed by atoms with Crippen molar-refractivity contribution >= 4 is 22.9 Å². The van der Waals surface area contributed by atoms with Gasteiger partial charge in [-0.2, -0.15) is 0 Å². The molecule has 0 bridgehead atoms. The van der Waals surface area contributed by atoms with Crippen LogP contribution in [0.15, 0.2) is 42.5 Å². The lowest BCUT2D eigenvalue weighted by Gasteiger charge is -2.07. The smallest absolute Gasteiger partial charge is 0.128 e. The predicted octanol–water partition coefficient (Wildman–Crippen LogP) is 4.91. The Hall–Kier alpha value is -1.88. The van der Waals surface area contributed by atoms with Crippen LogP contribution in [0.3, 0.4) is 0 Å². The van der Waals surface area contributed by atoms with Crippen LogP contribution in [0.2, 0.25) is 5.02 Å². The fraction of sp³-hybridized carbons (Fsp3) is 0.167. The molecule has 0 aliphatic rings. The average Bonchev–Trinajstić information content (AvgIpc) is 2.96. The van der Waals surface area contributed by atoms with Gasteiger partial charge in [0.15, 0.2) is 0 Å². The van der Waals surface area contributed by atoms with Gasteiger partial charge in [-0.1, -0.05) is 35.9 Å². The number of halogens is 1. The van der Waals surface area contributed by atoms with Crippen LogP contribution in [-0.4, -0.2) is 12.1 Å². The highest BCUT2D eigenvalue weighted by Gasteiger charge is 2.16. The molecular weight excluding hydrogens is 328 g/mol. The van der Waals surface area contributed by atoms with Crippen LogP contribution in [0.1, 0.15) is 10.4 Å². The van der Waals surface area contributed by atoms with E-state index in [-0.39, 0.29) is 0 Å². The molecule has 0 aliphatic carbocycles. The van der Waals surface area contributed by atoms with Crippen LogP contribution in [0.25, 0.3) is 21.8 Å². The number of nitrogens with two attached hydrogens (primary N) is 1. The minimum absolute atomic E-state index is 0.491. The van der Waals surface area contributed by atoms with E-state index in [0.717, 1.165) is 38.0 Å². The normalized spacial score (nSPS) is 10.8. The summed E-state index contributed by atoms with van der Waals surface area (Å²) in [5, 5.41) is 1.62. The van der Waals surface area contributed by atoms with Gasteiger partial charge in [-0.05, 0) is 30.7 Å². The summed E-state index contributed by atoms with van der Waals surface area (Å²) in [6.45, 7) is 2.55. The molecule has 0 aliphatic heterocycles. The van der Waals surface area contributed by atoms with Crippen molar-refractivity contribution in [3.63, 3.8) is 0 Å². The van der Waals surface area contributed by atoms with E-state index >= 15 is 0 Å². The zero-order valence-corrected chi connectivity index (χ0v) is 14.5. The topological polar surface area (TPSA) is 48.1 Å². The molecule has 5 heteroatoms. The average molecular weight is 345 g/mol. The van der Waals surface area contributed by atoms with Crippen molar-refractivity contribution in [1.82, 2.24) is 4.98 Å². The Bertz CT molecular complexity index is 845. The molecule has 3 rings (SSSR count). The molecule has 0 saturated carbocycles. The molecule has 0 radical (unpaired) electrons. The summed E-state index contributed by atoms with van der Waals surface area (Å²) in [4.78, 5) is 5.95. The van der Waals surface area contributed by atoms with Crippen molar-refractivity contribution in [2.45, 2.75) is 13.5 Å². The SMILES string of the molecule is COc1ccc(Cl)cc1-c1nc(-c2ccccc2CN)sc1C. The fourth-order valence-corrected chi connectivity index (χ4v) is 3.69. The number of rotatable bonds is 4. The number of thiazole rings is 1. The molecule has 1 heterocycles. The highest BCUT2D eigenvalue weighted by atomic mass is 35.5. The number of aromatic nitrogens is 1. The number of ether oxygens (including phenoxy) is 1. The lowest BCUT2D eigenvalue weighted by molar-refractivity contribution is 0.416. The molecule has 2 N–H and O–H groups in total. The van der Waals surface area contributed by atoms with Crippen molar-refractivity contribution < 1.29 is 4.74 Å². The first kappa shape index (κ1) is 16.0. The van der Waals surface area contributed by atoms with E-state index in [4.69, 9.17) is 27.1 Å². The molecule has 0 atom stereocenters. The minimum Gasteiger partial charge on any atom is -0.496 e. The van der Waals surface area contributed by atoms with Gasteiger partial charge in [0.1, 0.15) is 10.8 Å². The molecule has 1 aromatic heterocycles. The molecule has 0 unspecified atom stereocenters. The maximum absolute atomic E-state index is 6.15. The minimum atomic E-state index is 0.491. The number of hydrogen-bond donors (Lipinski definition) is 1. The quantitative estimate of drug-likeness (QED) is 0.731. The highest BCUT2D eigenvalue weighted by Crippen LogP contribution is 2.39. The summed E-state index contributed by atoms with van der Waals surface area (Å²) in [6, 6.07) is 13.7. The zero-order valence-electron chi connectivity index (χ0n) is 13.0. The summed E-state index contributed by atoms with van der Waals surface area (Å²) in [5.74, 6) is 0.765. The van der Waals surface area contributed by atoms with Gasteiger partial charge >= 0.3 is 0 Å². The second kappa shape index (κ2) is 6.71. The summed E-state index contributed by atoms with van der Waals surface area (Å²) >= 11 is 7.80. The lowest BCUT2D eigenvalue weighted by Crippen LogP contribution is -1.98. The van der Waals surface area contributed by atoms with Gasteiger partial charge in [-0.25, -0.2) is 4.98 Å². The van der Waals surface area contributed by atoms with Crippen LogP contribution in [0.4, 0.5) is 0 Å². The van der Waals surface area contributed by atoms with Crippen LogP contribution in [0, 0.1) is 6.92 Å². The van der Waals surface area contributed by atoms with Crippen LogP contribution >= 0.6 is 22.9 Å². The summed E-state index contributed by atoms with van der Waals surface area (Å²) < 4.78 is 5.46. The van der Waals surface area contributed by atoms with Gasteiger partial charge in [0.05, 0.1) is 12.8 Å². The Morgan fingerprint density at radius 3 is 2.70 bits per heavy atom. The molecule has 2 aromatic carbocycles. The van der Waals surface area contributed by atoms with E-state index < -0.39 is 0 Å². The summed E-state index contributed by atoms with van der Waals surface area (Å²) in [6.07, 6.45) is 0. The lowest BCUT2D eigenvalue weighted by atomic mass is 10.1. The maximum Gasteiger partial charge on any atom is 0.128 e. The third-order valence-corrected chi connectivity index (χ3v) is 4.92. The van der Waals surface area contributed by atoms with Crippen molar-refractivity contribution in [2.24, 2.45) is 5.73 Å². The van der Waals surface area contributed by atoms with Gasteiger partial charge in [0, 0.05) is 27.6 Å². The second-order valence-electron chi connectivity index (χ2n) is 5.13. The molecule has 0 amide bonds. The van der Waals surface area contributed by atoms with Crippen molar-refractivity contribution in [3.8, 4) is 27.6 Å². The standard InChI is InChI=1S/C18H17ClN2OS/c1-11-17(15-9-13(19)7-8-16(15)22-2)21-18(23-11)14-6-4-3-5-12(14)10-20/h3-9H,10,20H2,1-2H3. The Labute approximate surface area is 144 Å². The van der Waals surface area contributed by atoms with E-state index in [1.165, 1.54) is 0 Å². The van der Waals surface area contributed by atoms with Crippen molar-refractivity contribution in [2.75, 3.05) is 7.11 Å². The Balaban J connectivity index is 2.14. The van der Waals surface area contributed by atoms with Gasteiger partial charge in [-0.15, -0.1) is 11.3 Å². The molecule has 3 nitrogen and oxygen atoms in total. The molecule has 0 fully saturated rings. The molecule has 0 saturated heterocycles. The Morgan fingerprint density at radius 2 is 1.96 bits per heavy atom. The molecule has 3 aromatic rings. The van der Waals surface area contributed by atoms with Crippen molar-refractivity contribution in [1.29, 1.82) is 0 Å². The first-order chi connectivity index (χ1) is 11.1. The largest absolute Gasteiger partial charge is 0.496 e. The van der Waals surface area contributed by atoms with Gasteiger partial charge in [0.2, 0.25) is 0 Å². The number of nitrogens with zero attached hydrogens (tertiary/aromatic N) is 1. The molecule has 23 heavy (non-hydrogen) atoms. The summed E-state index contributed by atoms with van der Waals surface area (Å²) in [7, 11) is 1.65. The van der Waals surface area contributed by atoms with E-state index in [2.05, 4.69) is 13.0 Å². The van der Waals surface area contributed by atoms with Crippen LogP contribution in [0.5, 0.6) is 5.75 Å². The number of benzene rings is 2. The van der Waals surface area contributed by atoms with Gasteiger partial charge in [-0.3, -0.25) is 0 Å². The Morgan fingerprint density at radius 1 is 1.17 bits per heavy atom. The summed E-state index contributed by atoms with van der Waals surface area (Å²) in [5.41, 5.74) is 9.82. The Kier molecular flexibility index (Phi) is 4.66. The zero-order chi connectivity index (χ0) is 16.4. The fourth-order valence-electron chi connectivity index (χ4n) is 2.53. The number of aryl methyl sites for hydroxylation is 1. The number of methoxy groups -OCH3 is 1. The third-order valence-electron chi connectivity index (χ3n) is 3.68. The van der Waals surface area contributed by atoms with Crippen LogP contribution < -0.4 is 10.5 Å². The van der Waals surface area contributed by atoms with Gasteiger partial charge < -0.3 is 10.5 Å². The monoisotopic (exact) mass is 344 g/mol. The van der Waals surface area contributed by atoms with E-state index in [1.54, 1.807) is 18.4 Å². The van der Waals surface area contributed by atoms with Crippen LogP contribution in [-0.2, 0) is 6.54 Å². The highest BCUT2D eigenvalue weighted by molar-refractivity contribution is 7.15. The number of hydrogen-bond acceptors (Lipinski definition) is 4. The first-order valence-electron chi connectivity index (χ1n) is 7.23.